The van der Waals surface area contributed by atoms with E-state index in [0.717, 1.165) is 22.1 Å². The van der Waals surface area contributed by atoms with E-state index in [9.17, 15) is 4.79 Å². The number of ether oxygens (including phenoxy) is 1. The Labute approximate surface area is 122 Å². The van der Waals surface area contributed by atoms with Gasteiger partial charge in [0.05, 0.1) is 5.69 Å². The maximum atomic E-state index is 11.2. The molecule has 0 fully saturated rings. The van der Waals surface area contributed by atoms with Gasteiger partial charge in [-0.05, 0) is 30.7 Å². The summed E-state index contributed by atoms with van der Waals surface area (Å²) < 4.78 is 5.42. The van der Waals surface area contributed by atoms with Crippen LogP contribution in [-0.2, 0) is 10.5 Å². The number of hydrogen-bond donors (Lipinski definition) is 1. The lowest BCUT2D eigenvalue weighted by atomic mass is 10.2. The Balaban J connectivity index is 1.69. The second-order valence-corrected chi connectivity index (χ2v) is 5.82. The molecule has 1 heterocycles. The minimum absolute atomic E-state index is 0.0963. The molecule has 0 bridgehead atoms. The van der Waals surface area contributed by atoms with Gasteiger partial charge in [-0.2, -0.15) is 0 Å². The molecule has 0 spiro atoms. The highest BCUT2D eigenvalue weighted by atomic mass is 32.2. The van der Waals surface area contributed by atoms with Crippen LogP contribution in [-0.4, -0.2) is 12.5 Å². The van der Waals surface area contributed by atoms with Crippen molar-refractivity contribution < 1.29 is 9.53 Å². The average Bonchev–Trinajstić information content (AvgIpc) is 2.46. The zero-order valence-electron chi connectivity index (χ0n) is 11.2. The van der Waals surface area contributed by atoms with Crippen LogP contribution in [0.2, 0.25) is 0 Å². The van der Waals surface area contributed by atoms with Crippen LogP contribution in [0.25, 0.3) is 0 Å². The van der Waals surface area contributed by atoms with Gasteiger partial charge in [0.1, 0.15) is 5.75 Å². The van der Waals surface area contributed by atoms with Crippen LogP contribution in [0.3, 0.4) is 0 Å². The smallest absolute Gasteiger partial charge is 0.262 e. The maximum absolute atomic E-state index is 11.2. The molecular weight excluding hydrogens is 270 g/mol. The van der Waals surface area contributed by atoms with Crippen molar-refractivity contribution in [2.45, 2.75) is 17.6 Å². The van der Waals surface area contributed by atoms with Crippen molar-refractivity contribution in [2.75, 3.05) is 11.9 Å². The predicted molar refractivity (Wildman–Crippen MR) is 81.3 cm³/mol. The van der Waals surface area contributed by atoms with Crippen LogP contribution in [0.1, 0.15) is 11.1 Å². The number of fused-ring (bicyclic) bond motifs is 1. The summed E-state index contributed by atoms with van der Waals surface area (Å²) in [6, 6.07) is 14.4. The SMILES string of the molecule is Cc1ccc(CSc2ccc3c(c2)OCC(=O)N3)cc1. The molecule has 0 saturated heterocycles. The molecule has 20 heavy (non-hydrogen) atoms. The molecule has 0 saturated carbocycles. The van der Waals surface area contributed by atoms with Gasteiger partial charge in [-0.3, -0.25) is 4.79 Å². The largest absolute Gasteiger partial charge is 0.482 e. The van der Waals surface area contributed by atoms with Gasteiger partial charge in [0.15, 0.2) is 6.61 Å². The average molecular weight is 285 g/mol. The molecule has 3 nitrogen and oxygen atoms in total. The summed E-state index contributed by atoms with van der Waals surface area (Å²) in [5.41, 5.74) is 3.32. The monoisotopic (exact) mass is 285 g/mol. The van der Waals surface area contributed by atoms with Crippen molar-refractivity contribution in [2.24, 2.45) is 0 Å². The minimum atomic E-state index is -0.0995. The van der Waals surface area contributed by atoms with Gasteiger partial charge in [0, 0.05) is 10.6 Å². The van der Waals surface area contributed by atoms with E-state index in [0.29, 0.717) is 0 Å². The molecule has 2 aromatic rings. The third kappa shape index (κ3) is 2.96. The van der Waals surface area contributed by atoms with Crippen LogP contribution in [0.5, 0.6) is 5.75 Å². The lowest BCUT2D eigenvalue weighted by molar-refractivity contribution is -0.118. The van der Waals surface area contributed by atoms with Crippen LogP contribution in [0.4, 0.5) is 5.69 Å². The van der Waals surface area contributed by atoms with Gasteiger partial charge in [-0.25, -0.2) is 0 Å². The molecule has 3 rings (SSSR count). The van der Waals surface area contributed by atoms with Crippen molar-refractivity contribution in [1.29, 1.82) is 0 Å². The molecule has 0 radical (unpaired) electrons. The van der Waals surface area contributed by atoms with Crippen LogP contribution >= 0.6 is 11.8 Å². The lowest BCUT2D eigenvalue weighted by Crippen LogP contribution is -2.25. The van der Waals surface area contributed by atoms with Crippen LogP contribution < -0.4 is 10.1 Å². The number of carbonyl (C=O) groups is 1. The Morgan fingerprint density at radius 2 is 2.00 bits per heavy atom. The van der Waals surface area contributed by atoms with Gasteiger partial charge in [-0.1, -0.05) is 29.8 Å². The van der Waals surface area contributed by atoms with E-state index < -0.39 is 0 Å². The Hall–Kier alpha value is -1.94. The number of hydrogen-bond acceptors (Lipinski definition) is 3. The van der Waals surface area contributed by atoms with Gasteiger partial charge >= 0.3 is 0 Å². The van der Waals surface area contributed by atoms with Gasteiger partial charge in [0.25, 0.3) is 5.91 Å². The third-order valence-corrected chi connectivity index (χ3v) is 4.18. The maximum Gasteiger partial charge on any atom is 0.262 e. The van der Waals surface area contributed by atoms with E-state index in [4.69, 9.17) is 4.74 Å². The number of benzene rings is 2. The number of amides is 1. The van der Waals surface area contributed by atoms with E-state index in [2.05, 4.69) is 36.5 Å². The highest BCUT2D eigenvalue weighted by molar-refractivity contribution is 7.98. The summed E-state index contributed by atoms with van der Waals surface area (Å²) >= 11 is 1.76. The number of carbonyl (C=O) groups excluding carboxylic acids is 1. The molecule has 4 heteroatoms. The van der Waals surface area contributed by atoms with Crippen molar-refractivity contribution in [3.8, 4) is 5.75 Å². The molecule has 1 amide bonds. The minimum Gasteiger partial charge on any atom is -0.482 e. The molecule has 2 aromatic carbocycles. The molecule has 0 unspecified atom stereocenters. The highest BCUT2D eigenvalue weighted by Gasteiger charge is 2.15. The first kappa shape index (κ1) is 13.1. The summed E-state index contributed by atoms with van der Waals surface area (Å²) in [4.78, 5) is 12.3. The lowest BCUT2D eigenvalue weighted by Gasteiger charge is -2.18. The number of thioether (sulfide) groups is 1. The molecule has 0 aliphatic carbocycles. The Morgan fingerprint density at radius 3 is 2.80 bits per heavy atom. The van der Waals surface area contributed by atoms with Crippen LogP contribution in [0, 0.1) is 6.92 Å². The fourth-order valence-electron chi connectivity index (χ4n) is 2.00. The number of rotatable bonds is 3. The van der Waals surface area contributed by atoms with E-state index in [1.165, 1.54) is 11.1 Å². The highest BCUT2D eigenvalue weighted by Crippen LogP contribution is 2.33. The topological polar surface area (TPSA) is 38.3 Å². The normalized spacial score (nSPS) is 13.3. The molecular formula is C16H15NO2S. The molecule has 1 aliphatic heterocycles. The fourth-order valence-corrected chi connectivity index (χ4v) is 2.88. The Kier molecular flexibility index (Phi) is 3.65. The zero-order chi connectivity index (χ0) is 13.9. The fraction of sp³-hybridized carbons (Fsp3) is 0.188. The molecule has 1 N–H and O–H groups in total. The van der Waals surface area contributed by atoms with Crippen molar-refractivity contribution >= 4 is 23.4 Å². The first-order valence-corrected chi connectivity index (χ1v) is 7.44. The van der Waals surface area contributed by atoms with Crippen molar-refractivity contribution in [3.63, 3.8) is 0 Å². The van der Waals surface area contributed by atoms with E-state index >= 15 is 0 Å². The van der Waals surface area contributed by atoms with E-state index in [-0.39, 0.29) is 12.5 Å². The quantitative estimate of drug-likeness (QED) is 0.875. The van der Waals surface area contributed by atoms with Crippen molar-refractivity contribution in [3.05, 3.63) is 53.6 Å². The van der Waals surface area contributed by atoms with E-state index in [1.54, 1.807) is 11.8 Å². The molecule has 0 aromatic heterocycles. The summed E-state index contributed by atoms with van der Waals surface area (Å²) in [5.74, 6) is 1.57. The first-order valence-electron chi connectivity index (χ1n) is 6.46. The Bertz CT molecular complexity index is 637. The molecule has 102 valence electrons. The van der Waals surface area contributed by atoms with Gasteiger partial charge < -0.3 is 10.1 Å². The summed E-state index contributed by atoms with van der Waals surface area (Å²) in [7, 11) is 0. The summed E-state index contributed by atoms with van der Waals surface area (Å²) in [6.45, 7) is 2.19. The third-order valence-electron chi connectivity index (χ3n) is 3.11. The number of nitrogens with one attached hydrogen (secondary N) is 1. The zero-order valence-corrected chi connectivity index (χ0v) is 12.0. The van der Waals surface area contributed by atoms with Gasteiger partial charge in [0.2, 0.25) is 0 Å². The van der Waals surface area contributed by atoms with E-state index in [1.807, 2.05) is 18.2 Å². The summed E-state index contributed by atoms with van der Waals surface area (Å²) in [6.07, 6.45) is 0. The van der Waals surface area contributed by atoms with Gasteiger partial charge in [-0.15, -0.1) is 11.8 Å². The predicted octanol–water partition coefficient (Wildman–Crippen LogP) is 3.62. The van der Waals surface area contributed by atoms with Crippen LogP contribution in [0.15, 0.2) is 47.4 Å². The number of aryl methyl sites for hydroxylation is 1. The Morgan fingerprint density at radius 1 is 1.20 bits per heavy atom. The standard InChI is InChI=1S/C16H15NO2S/c1-11-2-4-12(5-3-11)10-20-13-6-7-14-15(8-13)19-9-16(18)17-14/h2-8H,9-10H2,1H3,(H,17,18). The number of anilines is 1. The second-order valence-electron chi connectivity index (χ2n) is 4.77. The second kappa shape index (κ2) is 5.59. The van der Waals surface area contributed by atoms with Crippen molar-refractivity contribution in [1.82, 2.24) is 0 Å². The molecule has 1 aliphatic rings. The first-order chi connectivity index (χ1) is 9.70. The molecule has 0 atom stereocenters. The summed E-state index contributed by atoms with van der Waals surface area (Å²) in [5, 5.41) is 2.79.